The molecule has 0 bridgehead atoms. The van der Waals surface area contributed by atoms with E-state index in [1.165, 1.54) is 62.5 Å². The number of benzene rings is 1. The monoisotopic (exact) mass is 482 g/mol. The second-order valence-electron chi connectivity index (χ2n) is 12.4. The molecule has 3 heteroatoms. The maximum atomic E-state index is 12.8. The van der Waals surface area contributed by atoms with Crippen molar-refractivity contribution < 1.29 is 14.6 Å². The van der Waals surface area contributed by atoms with Crippen molar-refractivity contribution in [1.29, 1.82) is 0 Å². The number of ether oxygens (including phenoxy) is 1. The Bertz CT molecular complexity index is 847. The van der Waals surface area contributed by atoms with Crippen LogP contribution in [-0.4, -0.2) is 17.2 Å². The van der Waals surface area contributed by atoms with Crippen LogP contribution in [0.25, 0.3) is 0 Å². The summed E-state index contributed by atoms with van der Waals surface area (Å²) in [7, 11) is 0. The zero-order valence-electron chi connectivity index (χ0n) is 22.9. The van der Waals surface area contributed by atoms with Crippen molar-refractivity contribution in [3.05, 3.63) is 29.3 Å². The van der Waals surface area contributed by atoms with Gasteiger partial charge in [-0.05, 0) is 85.0 Å². The van der Waals surface area contributed by atoms with Gasteiger partial charge in [-0.15, -0.1) is 0 Å². The Morgan fingerprint density at radius 3 is 2.49 bits per heavy atom. The lowest BCUT2D eigenvalue weighted by Gasteiger charge is -2.56. The van der Waals surface area contributed by atoms with Crippen molar-refractivity contribution in [3.8, 4) is 5.75 Å². The van der Waals surface area contributed by atoms with Crippen molar-refractivity contribution in [2.24, 2.45) is 29.1 Å². The van der Waals surface area contributed by atoms with Gasteiger partial charge in [0.25, 0.3) is 0 Å². The SMILES string of the molecule is CCCCCCCCCCC(=O)OC1CCC2C3C(CC)Cc4cc(O)ccc4C3C(C)CC12C. The van der Waals surface area contributed by atoms with Crippen LogP contribution in [0.2, 0.25) is 0 Å². The quantitative estimate of drug-likeness (QED) is 0.254. The van der Waals surface area contributed by atoms with Crippen LogP contribution in [0.1, 0.15) is 128 Å². The van der Waals surface area contributed by atoms with E-state index in [2.05, 4.69) is 33.8 Å². The van der Waals surface area contributed by atoms with E-state index in [9.17, 15) is 9.90 Å². The molecular formula is C32H50O3. The Kier molecular flexibility index (Phi) is 8.87. The zero-order chi connectivity index (χ0) is 25.0. The van der Waals surface area contributed by atoms with Gasteiger partial charge in [-0.25, -0.2) is 0 Å². The van der Waals surface area contributed by atoms with Gasteiger partial charge in [0.15, 0.2) is 0 Å². The number of carbonyl (C=O) groups excluding carboxylic acids is 1. The molecule has 0 amide bonds. The molecule has 3 aliphatic rings. The summed E-state index contributed by atoms with van der Waals surface area (Å²) in [5.74, 6) is 3.48. The summed E-state index contributed by atoms with van der Waals surface area (Å²) in [5.41, 5.74) is 2.93. The minimum Gasteiger partial charge on any atom is -0.508 e. The zero-order valence-corrected chi connectivity index (χ0v) is 22.9. The predicted molar refractivity (Wildman–Crippen MR) is 144 cm³/mol. The first-order valence-electron chi connectivity index (χ1n) is 14.9. The number of phenolic OH excluding ortho intramolecular Hbond substituents is 1. The number of phenols is 1. The number of aromatic hydroxyl groups is 1. The van der Waals surface area contributed by atoms with Gasteiger partial charge in [0.05, 0.1) is 0 Å². The first kappa shape index (κ1) is 26.6. The summed E-state index contributed by atoms with van der Waals surface area (Å²) in [6, 6.07) is 6.09. The van der Waals surface area contributed by atoms with E-state index in [-0.39, 0.29) is 17.5 Å². The highest BCUT2D eigenvalue weighted by Crippen LogP contribution is 2.64. The van der Waals surface area contributed by atoms with Crippen LogP contribution in [0.4, 0.5) is 0 Å². The number of esters is 1. The van der Waals surface area contributed by atoms with Crippen molar-refractivity contribution in [2.75, 3.05) is 0 Å². The van der Waals surface area contributed by atoms with Crippen LogP contribution in [0.5, 0.6) is 5.75 Å². The van der Waals surface area contributed by atoms with E-state index in [4.69, 9.17) is 4.74 Å². The molecule has 3 aliphatic carbocycles. The molecule has 0 spiro atoms. The lowest BCUT2D eigenvalue weighted by Crippen LogP contribution is -2.50. The van der Waals surface area contributed by atoms with Crippen LogP contribution >= 0.6 is 0 Å². The second-order valence-corrected chi connectivity index (χ2v) is 12.4. The van der Waals surface area contributed by atoms with Crippen molar-refractivity contribution in [3.63, 3.8) is 0 Å². The lowest BCUT2D eigenvalue weighted by molar-refractivity contribution is -0.159. The molecule has 0 aromatic heterocycles. The smallest absolute Gasteiger partial charge is 0.306 e. The maximum absolute atomic E-state index is 12.8. The summed E-state index contributed by atoms with van der Waals surface area (Å²) >= 11 is 0. The van der Waals surface area contributed by atoms with Crippen LogP contribution in [0.3, 0.4) is 0 Å². The molecule has 2 fully saturated rings. The van der Waals surface area contributed by atoms with Crippen LogP contribution in [0, 0.1) is 29.1 Å². The summed E-state index contributed by atoms with van der Waals surface area (Å²) in [5, 5.41) is 10.1. The first-order valence-corrected chi connectivity index (χ1v) is 14.9. The van der Waals surface area contributed by atoms with Gasteiger partial charge in [-0.2, -0.15) is 0 Å². The van der Waals surface area contributed by atoms with Crippen molar-refractivity contribution in [2.45, 2.75) is 130 Å². The number of fused-ring (bicyclic) bond motifs is 5. The summed E-state index contributed by atoms with van der Waals surface area (Å²) in [6.07, 6.45) is 16.3. The molecule has 3 nitrogen and oxygen atoms in total. The minimum absolute atomic E-state index is 0.0362. The third kappa shape index (κ3) is 5.59. The normalized spacial score (nSPS) is 33.6. The lowest BCUT2D eigenvalue weighted by atomic mass is 9.49. The Morgan fingerprint density at radius 1 is 1.06 bits per heavy atom. The van der Waals surface area contributed by atoms with Gasteiger partial charge < -0.3 is 9.84 Å². The minimum atomic E-state index is 0.0362. The fourth-order valence-corrected chi connectivity index (χ4v) is 8.47. The molecule has 196 valence electrons. The molecule has 4 rings (SSSR count). The number of hydrogen-bond donors (Lipinski definition) is 1. The summed E-state index contributed by atoms with van der Waals surface area (Å²) < 4.78 is 6.25. The van der Waals surface area contributed by atoms with E-state index in [1.54, 1.807) is 0 Å². The van der Waals surface area contributed by atoms with Gasteiger partial charge >= 0.3 is 5.97 Å². The molecule has 1 N–H and O–H groups in total. The highest BCUT2D eigenvalue weighted by molar-refractivity contribution is 5.69. The average molecular weight is 483 g/mol. The number of carbonyl (C=O) groups is 1. The largest absolute Gasteiger partial charge is 0.508 e. The average Bonchev–Trinajstić information content (AvgIpc) is 3.14. The Hall–Kier alpha value is -1.51. The highest BCUT2D eigenvalue weighted by Gasteiger charge is 2.59. The molecular weight excluding hydrogens is 432 g/mol. The third-order valence-corrected chi connectivity index (χ3v) is 10.1. The molecule has 0 aliphatic heterocycles. The first-order chi connectivity index (χ1) is 16.9. The molecule has 35 heavy (non-hydrogen) atoms. The van der Waals surface area contributed by atoms with Crippen LogP contribution in [-0.2, 0) is 16.0 Å². The van der Waals surface area contributed by atoms with Crippen LogP contribution in [0.15, 0.2) is 18.2 Å². The Morgan fingerprint density at radius 2 is 1.77 bits per heavy atom. The molecule has 0 radical (unpaired) electrons. The molecule has 2 saturated carbocycles. The Balaban J connectivity index is 1.36. The van der Waals surface area contributed by atoms with Gasteiger partial charge in [-0.1, -0.05) is 85.1 Å². The standard InChI is InChI=1S/C32H50O3/c1-5-7-8-9-10-11-12-13-14-29(34)35-28-18-17-27-31-23(6-2)19-24-20-25(33)15-16-26(24)30(31)22(3)21-32(27,28)4/h15-16,20,22-23,27-28,30-31,33H,5-14,17-19,21H2,1-4H3. The van der Waals surface area contributed by atoms with E-state index in [1.807, 2.05) is 12.1 Å². The molecule has 7 unspecified atom stereocenters. The van der Waals surface area contributed by atoms with E-state index >= 15 is 0 Å². The van der Waals surface area contributed by atoms with Gasteiger partial charge in [0.1, 0.15) is 11.9 Å². The van der Waals surface area contributed by atoms with E-state index in [0.717, 1.165) is 32.1 Å². The molecule has 1 aromatic rings. The number of rotatable bonds is 11. The topological polar surface area (TPSA) is 46.5 Å². The van der Waals surface area contributed by atoms with Gasteiger partial charge in [0.2, 0.25) is 0 Å². The van der Waals surface area contributed by atoms with Crippen molar-refractivity contribution >= 4 is 5.97 Å². The molecule has 1 aromatic carbocycles. The van der Waals surface area contributed by atoms with Crippen molar-refractivity contribution in [1.82, 2.24) is 0 Å². The molecule has 7 atom stereocenters. The van der Waals surface area contributed by atoms with E-state index < -0.39 is 0 Å². The second kappa shape index (κ2) is 11.7. The molecule has 0 saturated heterocycles. The van der Waals surface area contributed by atoms with Crippen LogP contribution < -0.4 is 0 Å². The fourth-order valence-electron chi connectivity index (χ4n) is 8.47. The maximum Gasteiger partial charge on any atom is 0.306 e. The summed E-state index contributed by atoms with van der Waals surface area (Å²) in [6.45, 7) is 9.45. The number of unbranched alkanes of at least 4 members (excludes halogenated alkanes) is 7. The predicted octanol–water partition coefficient (Wildman–Crippen LogP) is 8.57. The third-order valence-electron chi connectivity index (χ3n) is 10.1. The van der Waals surface area contributed by atoms with Gasteiger partial charge in [0, 0.05) is 11.8 Å². The number of hydrogen-bond acceptors (Lipinski definition) is 3. The fraction of sp³-hybridized carbons (Fsp3) is 0.781. The van der Waals surface area contributed by atoms with Gasteiger partial charge in [-0.3, -0.25) is 4.79 Å². The van der Waals surface area contributed by atoms with E-state index in [0.29, 0.717) is 41.8 Å². The summed E-state index contributed by atoms with van der Waals surface area (Å²) in [4.78, 5) is 12.8. The Labute approximate surface area is 214 Å². The highest BCUT2D eigenvalue weighted by atomic mass is 16.5. The molecule has 0 heterocycles.